The van der Waals surface area contributed by atoms with Crippen molar-refractivity contribution in [2.45, 2.75) is 26.7 Å². The van der Waals surface area contributed by atoms with Gasteiger partial charge in [0.05, 0.1) is 7.11 Å². The third-order valence-corrected chi connectivity index (χ3v) is 2.25. The van der Waals surface area contributed by atoms with Crippen LogP contribution < -0.4 is 9.47 Å². The summed E-state index contributed by atoms with van der Waals surface area (Å²) in [6, 6.07) is 5.28. The zero-order valence-corrected chi connectivity index (χ0v) is 10.3. The van der Waals surface area contributed by atoms with Gasteiger partial charge < -0.3 is 14.3 Å². The van der Waals surface area contributed by atoms with Gasteiger partial charge in [0.1, 0.15) is 5.78 Å². The largest absolute Gasteiger partial charge is 0.493 e. The molecule has 1 aromatic carbocycles. The van der Waals surface area contributed by atoms with Crippen molar-refractivity contribution in [1.29, 1.82) is 0 Å². The predicted molar refractivity (Wildman–Crippen MR) is 63.3 cm³/mol. The SMILES string of the molecule is COc1cc(CCC(C)=O)ccc1OC(C)=O. The van der Waals surface area contributed by atoms with E-state index < -0.39 is 0 Å². The maximum Gasteiger partial charge on any atom is 0.308 e. The van der Waals surface area contributed by atoms with E-state index in [-0.39, 0.29) is 11.8 Å². The van der Waals surface area contributed by atoms with Gasteiger partial charge in [-0.2, -0.15) is 0 Å². The number of methoxy groups -OCH3 is 1. The summed E-state index contributed by atoms with van der Waals surface area (Å²) in [6.45, 7) is 2.90. The molecule has 0 aliphatic carbocycles. The van der Waals surface area contributed by atoms with E-state index in [4.69, 9.17) is 9.47 Å². The zero-order valence-electron chi connectivity index (χ0n) is 10.3. The number of esters is 1. The standard InChI is InChI=1S/C13H16O4/c1-9(14)4-5-11-6-7-12(17-10(2)15)13(8-11)16-3/h6-8H,4-5H2,1-3H3. The molecule has 1 aromatic rings. The van der Waals surface area contributed by atoms with Gasteiger partial charge in [-0.15, -0.1) is 0 Å². The Morgan fingerprint density at radius 1 is 1.18 bits per heavy atom. The van der Waals surface area contributed by atoms with E-state index in [9.17, 15) is 9.59 Å². The predicted octanol–water partition coefficient (Wildman–Crippen LogP) is 2.14. The highest BCUT2D eigenvalue weighted by atomic mass is 16.6. The first kappa shape index (κ1) is 13.2. The lowest BCUT2D eigenvalue weighted by Gasteiger charge is -2.09. The van der Waals surface area contributed by atoms with E-state index in [0.29, 0.717) is 24.3 Å². The zero-order chi connectivity index (χ0) is 12.8. The molecule has 17 heavy (non-hydrogen) atoms. The molecule has 0 saturated carbocycles. The van der Waals surface area contributed by atoms with Crippen molar-refractivity contribution in [3.63, 3.8) is 0 Å². The summed E-state index contributed by atoms with van der Waals surface area (Å²) in [4.78, 5) is 21.7. The van der Waals surface area contributed by atoms with Crippen molar-refractivity contribution in [1.82, 2.24) is 0 Å². The van der Waals surface area contributed by atoms with Gasteiger partial charge in [-0.05, 0) is 31.0 Å². The summed E-state index contributed by atoms with van der Waals surface area (Å²) in [7, 11) is 1.51. The van der Waals surface area contributed by atoms with Crippen molar-refractivity contribution in [3.05, 3.63) is 23.8 Å². The molecule has 0 unspecified atom stereocenters. The number of benzene rings is 1. The third kappa shape index (κ3) is 4.26. The van der Waals surface area contributed by atoms with Crippen LogP contribution in [0.2, 0.25) is 0 Å². The molecule has 0 N–H and O–H groups in total. The van der Waals surface area contributed by atoms with E-state index in [2.05, 4.69) is 0 Å². The minimum Gasteiger partial charge on any atom is -0.493 e. The monoisotopic (exact) mass is 236 g/mol. The maximum atomic E-state index is 10.9. The van der Waals surface area contributed by atoms with Gasteiger partial charge in [0.25, 0.3) is 0 Å². The number of ketones is 1. The molecule has 0 aliphatic heterocycles. The molecule has 1 rings (SSSR count). The van der Waals surface area contributed by atoms with Crippen LogP contribution in [0.4, 0.5) is 0 Å². The Morgan fingerprint density at radius 2 is 1.88 bits per heavy atom. The van der Waals surface area contributed by atoms with Crippen molar-refractivity contribution in [3.8, 4) is 11.5 Å². The first-order chi connectivity index (χ1) is 8.02. The average Bonchev–Trinajstić information content (AvgIpc) is 2.26. The van der Waals surface area contributed by atoms with E-state index in [1.165, 1.54) is 14.0 Å². The van der Waals surface area contributed by atoms with Crippen LogP contribution in [0.1, 0.15) is 25.8 Å². The minimum absolute atomic E-state index is 0.146. The van der Waals surface area contributed by atoms with Crippen LogP contribution in [0.5, 0.6) is 11.5 Å². The Labute approximate surface area is 101 Å². The Hall–Kier alpha value is -1.84. The number of hydrogen-bond acceptors (Lipinski definition) is 4. The number of hydrogen-bond donors (Lipinski definition) is 0. The molecule has 0 spiro atoms. The van der Waals surface area contributed by atoms with E-state index in [0.717, 1.165) is 5.56 Å². The minimum atomic E-state index is -0.389. The molecule has 0 bridgehead atoms. The molecular weight excluding hydrogens is 220 g/mol. The Morgan fingerprint density at radius 3 is 2.41 bits per heavy atom. The van der Waals surface area contributed by atoms with Gasteiger partial charge in [-0.25, -0.2) is 0 Å². The summed E-state index contributed by atoms with van der Waals surface area (Å²) in [6.07, 6.45) is 1.15. The van der Waals surface area contributed by atoms with Gasteiger partial charge in [-0.3, -0.25) is 4.79 Å². The van der Waals surface area contributed by atoms with E-state index >= 15 is 0 Å². The van der Waals surface area contributed by atoms with Gasteiger partial charge >= 0.3 is 5.97 Å². The summed E-state index contributed by atoms with van der Waals surface area (Å²) in [5.41, 5.74) is 0.980. The highest BCUT2D eigenvalue weighted by Gasteiger charge is 2.08. The van der Waals surface area contributed by atoms with Crippen LogP contribution in [0.15, 0.2) is 18.2 Å². The number of ether oxygens (including phenoxy) is 2. The van der Waals surface area contributed by atoms with Crippen molar-refractivity contribution in [2.75, 3.05) is 7.11 Å². The Bertz CT molecular complexity index is 423. The quantitative estimate of drug-likeness (QED) is 0.580. The first-order valence-electron chi connectivity index (χ1n) is 5.37. The lowest BCUT2D eigenvalue weighted by Crippen LogP contribution is -2.03. The number of aryl methyl sites for hydroxylation is 1. The van der Waals surface area contributed by atoms with Crippen LogP contribution in [0.25, 0.3) is 0 Å². The Kier molecular flexibility index (Phi) is 4.69. The Balaban J connectivity index is 2.84. The number of rotatable bonds is 5. The highest BCUT2D eigenvalue weighted by Crippen LogP contribution is 2.28. The van der Waals surface area contributed by atoms with E-state index in [1.54, 1.807) is 19.1 Å². The summed E-state index contributed by atoms with van der Waals surface area (Å²) in [5, 5.41) is 0. The highest BCUT2D eigenvalue weighted by molar-refractivity contribution is 5.75. The lowest BCUT2D eigenvalue weighted by atomic mass is 10.1. The number of Topliss-reactive ketones (excluding diaryl/α,β-unsaturated/α-hetero) is 1. The molecule has 92 valence electrons. The fourth-order valence-electron chi connectivity index (χ4n) is 1.43. The molecule has 0 amide bonds. The van der Waals surface area contributed by atoms with Crippen molar-refractivity contribution in [2.24, 2.45) is 0 Å². The topological polar surface area (TPSA) is 52.6 Å². The van der Waals surface area contributed by atoms with Gasteiger partial charge in [0.15, 0.2) is 11.5 Å². The van der Waals surface area contributed by atoms with Crippen LogP contribution in [0, 0.1) is 0 Å². The fraction of sp³-hybridized carbons (Fsp3) is 0.385. The molecule has 0 aliphatic rings. The van der Waals surface area contributed by atoms with Crippen LogP contribution in [-0.2, 0) is 16.0 Å². The fourth-order valence-corrected chi connectivity index (χ4v) is 1.43. The van der Waals surface area contributed by atoms with Gasteiger partial charge in [0, 0.05) is 13.3 Å². The van der Waals surface area contributed by atoms with Gasteiger partial charge in [0.2, 0.25) is 0 Å². The summed E-state index contributed by atoms with van der Waals surface area (Å²) < 4.78 is 10.1. The first-order valence-corrected chi connectivity index (χ1v) is 5.37. The molecule has 0 heterocycles. The second kappa shape index (κ2) is 6.03. The van der Waals surface area contributed by atoms with E-state index in [1.807, 2.05) is 6.07 Å². The molecule has 4 heteroatoms. The second-order valence-corrected chi connectivity index (χ2v) is 3.78. The molecule has 0 atom stereocenters. The number of carbonyl (C=O) groups excluding carboxylic acids is 2. The number of carbonyl (C=O) groups is 2. The maximum absolute atomic E-state index is 10.9. The van der Waals surface area contributed by atoms with Crippen molar-refractivity contribution >= 4 is 11.8 Å². The van der Waals surface area contributed by atoms with Crippen molar-refractivity contribution < 1.29 is 19.1 Å². The molecule has 0 saturated heterocycles. The summed E-state index contributed by atoms with van der Waals surface area (Å²) in [5.74, 6) is 0.653. The smallest absolute Gasteiger partial charge is 0.308 e. The second-order valence-electron chi connectivity index (χ2n) is 3.78. The molecule has 4 nitrogen and oxygen atoms in total. The van der Waals surface area contributed by atoms with Crippen LogP contribution in [0.3, 0.4) is 0 Å². The van der Waals surface area contributed by atoms with Gasteiger partial charge in [-0.1, -0.05) is 6.07 Å². The molecule has 0 radical (unpaired) electrons. The lowest BCUT2D eigenvalue weighted by molar-refractivity contribution is -0.132. The molecule has 0 fully saturated rings. The molecular formula is C13H16O4. The summed E-state index contributed by atoms with van der Waals surface area (Å²) >= 11 is 0. The third-order valence-electron chi connectivity index (χ3n) is 2.25. The molecule has 0 aromatic heterocycles. The normalized spacial score (nSPS) is 9.82. The van der Waals surface area contributed by atoms with Crippen LogP contribution >= 0.6 is 0 Å². The average molecular weight is 236 g/mol. The van der Waals surface area contributed by atoms with Crippen LogP contribution in [-0.4, -0.2) is 18.9 Å².